The molecule has 0 amide bonds. The molecule has 0 aromatic heterocycles. The van der Waals surface area contributed by atoms with E-state index >= 15 is 0 Å². The topological polar surface area (TPSA) is 91.4 Å². The van der Waals surface area contributed by atoms with Crippen molar-refractivity contribution in [1.82, 2.24) is 0 Å². The Balaban J connectivity index is 1.51. The van der Waals surface area contributed by atoms with Gasteiger partial charge in [0.25, 0.3) is 0 Å². The van der Waals surface area contributed by atoms with E-state index in [1.165, 1.54) is 22.3 Å². The van der Waals surface area contributed by atoms with E-state index in [2.05, 4.69) is 73.8 Å². The van der Waals surface area contributed by atoms with E-state index in [0.717, 1.165) is 40.8 Å². The number of hydrogen-bond donors (Lipinski definition) is 4. The maximum atomic E-state index is 10.8. The minimum Gasteiger partial charge on any atom is -0.504 e. The van der Waals surface area contributed by atoms with Gasteiger partial charge in [-0.1, -0.05) is 62.4 Å². The van der Waals surface area contributed by atoms with Crippen molar-refractivity contribution in [2.24, 2.45) is 17.6 Å². The Morgan fingerprint density at radius 3 is 2.49 bits per heavy atom. The maximum Gasteiger partial charge on any atom is 0.160 e. The fourth-order valence-electron chi connectivity index (χ4n) is 6.58. The van der Waals surface area contributed by atoms with Gasteiger partial charge in [0.15, 0.2) is 11.5 Å². The zero-order valence-corrected chi connectivity index (χ0v) is 22.7. The lowest BCUT2D eigenvalue weighted by Gasteiger charge is -2.39. The molecular formula is C34H35N3O2. The average Bonchev–Trinajstić information content (AvgIpc) is 3.32. The maximum absolute atomic E-state index is 10.8. The summed E-state index contributed by atoms with van der Waals surface area (Å²) >= 11 is 0. The molecule has 1 aliphatic carbocycles. The molecular weight excluding hydrogens is 482 g/mol. The van der Waals surface area contributed by atoms with E-state index in [9.17, 15) is 5.11 Å². The molecule has 1 heterocycles. The first-order valence-corrected chi connectivity index (χ1v) is 13.7. The highest BCUT2D eigenvalue weighted by atomic mass is 16.5. The molecule has 1 aliphatic heterocycles. The third-order valence-electron chi connectivity index (χ3n) is 8.31. The summed E-state index contributed by atoms with van der Waals surface area (Å²) < 4.78 is 5.60. The largest absolute Gasteiger partial charge is 0.504 e. The quantitative estimate of drug-likeness (QED) is 0.163. The molecule has 198 valence electrons. The first-order chi connectivity index (χ1) is 18.8. The van der Waals surface area contributed by atoms with E-state index < -0.39 is 0 Å². The first kappa shape index (κ1) is 25.1. The highest BCUT2D eigenvalue weighted by Crippen LogP contribution is 2.55. The molecule has 3 unspecified atom stereocenters. The lowest BCUT2D eigenvalue weighted by molar-refractivity contribution is 0.370. The second kappa shape index (κ2) is 9.81. The van der Waals surface area contributed by atoms with Crippen molar-refractivity contribution in [2.75, 3.05) is 12.4 Å². The van der Waals surface area contributed by atoms with Gasteiger partial charge in [-0.2, -0.15) is 0 Å². The summed E-state index contributed by atoms with van der Waals surface area (Å²) in [5.41, 5.74) is 16.0. The van der Waals surface area contributed by atoms with Gasteiger partial charge in [-0.3, -0.25) is 5.41 Å². The van der Waals surface area contributed by atoms with Crippen LogP contribution in [0, 0.1) is 17.2 Å². The SMILES string of the molecule is COc1cc(C2Nc3ccc(C(=N)N)cc3C3c4ccccc4CC23)c(-c2ccc(CC(C)C)cc2)cc1O. The normalized spacial score (nSPS) is 19.1. The summed E-state index contributed by atoms with van der Waals surface area (Å²) in [6, 6.07) is 27.3. The highest BCUT2D eigenvalue weighted by molar-refractivity contribution is 5.96. The van der Waals surface area contributed by atoms with E-state index in [4.69, 9.17) is 15.9 Å². The number of nitrogens with one attached hydrogen (secondary N) is 2. The van der Waals surface area contributed by atoms with Crippen LogP contribution in [-0.2, 0) is 12.8 Å². The van der Waals surface area contributed by atoms with Crippen molar-refractivity contribution < 1.29 is 9.84 Å². The lowest BCUT2D eigenvalue weighted by atomic mass is 9.74. The predicted octanol–water partition coefficient (Wildman–Crippen LogP) is 7.02. The number of phenolic OH excluding ortho intramolecular Hbond substituents is 1. The number of phenols is 1. The number of benzene rings is 4. The van der Waals surface area contributed by atoms with Gasteiger partial charge in [-0.05, 0) is 94.0 Å². The molecule has 4 aromatic rings. The van der Waals surface area contributed by atoms with Gasteiger partial charge in [0.1, 0.15) is 5.84 Å². The van der Waals surface area contributed by atoms with Crippen LogP contribution in [0.15, 0.2) is 78.9 Å². The van der Waals surface area contributed by atoms with Crippen LogP contribution in [0.25, 0.3) is 11.1 Å². The van der Waals surface area contributed by atoms with Crippen LogP contribution in [0.3, 0.4) is 0 Å². The van der Waals surface area contributed by atoms with Crippen molar-refractivity contribution in [1.29, 1.82) is 5.41 Å². The summed E-state index contributed by atoms with van der Waals surface area (Å²) in [5, 5.41) is 22.7. The van der Waals surface area contributed by atoms with Gasteiger partial charge >= 0.3 is 0 Å². The summed E-state index contributed by atoms with van der Waals surface area (Å²) in [5.74, 6) is 1.68. The van der Waals surface area contributed by atoms with Gasteiger partial charge in [-0.15, -0.1) is 0 Å². The number of anilines is 1. The van der Waals surface area contributed by atoms with E-state index in [1.54, 1.807) is 7.11 Å². The van der Waals surface area contributed by atoms with Crippen LogP contribution >= 0.6 is 0 Å². The smallest absolute Gasteiger partial charge is 0.160 e. The van der Waals surface area contributed by atoms with Crippen LogP contribution in [0.4, 0.5) is 5.69 Å². The Labute approximate surface area is 230 Å². The molecule has 6 rings (SSSR count). The molecule has 4 aromatic carbocycles. The molecule has 0 saturated carbocycles. The van der Waals surface area contributed by atoms with Gasteiger partial charge in [0.2, 0.25) is 0 Å². The number of nitrogen functional groups attached to an aromatic ring is 1. The van der Waals surface area contributed by atoms with E-state index in [-0.39, 0.29) is 29.5 Å². The number of rotatable bonds is 6. The zero-order chi connectivity index (χ0) is 27.3. The zero-order valence-electron chi connectivity index (χ0n) is 22.7. The van der Waals surface area contributed by atoms with Crippen LogP contribution < -0.4 is 15.8 Å². The fourth-order valence-corrected chi connectivity index (χ4v) is 6.58. The standard InChI is InChI=1S/C34H35N3O2/c1-19(2)14-20-8-10-21(11-9-20)25-17-30(38)31(39-3)18-26(25)33-28-15-22-6-4-5-7-24(22)32(28)27-16-23(34(35)36)12-13-29(27)37-33/h4-13,16-19,28,32-33,37-38H,14-15H2,1-3H3,(H3,35,36). The number of amidine groups is 1. The Hall–Kier alpha value is -4.25. The number of fused-ring (bicyclic) bond motifs is 5. The van der Waals surface area contributed by atoms with Crippen molar-refractivity contribution in [3.8, 4) is 22.6 Å². The minimum atomic E-state index is -0.0158. The second-order valence-corrected chi connectivity index (χ2v) is 11.3. The predicted molar refractivity (Wildman–Crippen MR) is 158 cm³/mol. The van der Waals surface area contributed by atoms with E-state index in [0.29, 0.717) is 11.7 Å². The van der Waals surface area contributed by atoms with Gasteiger partial charge in [-0.25, -0.2) is 0 Å². The minimum absolute atomic E-state index is 0.0158. The number of nitrogens with two attached hydrogens (primary N) is 1. The highest BCUT2D eigenvalue weighted by Gasteiger charge is 2.44. The molecule has 5 nitrogen and oxygen atoms in total. The fraction of sp³-hybridized carbons (Fsp3) is 0.265. The molecule has 3 atom stereocenters. The molecule has 2 aliphatic rings. The van der Waals surface area contributed by atoms with Crippen molar-refractivity contribution in [2.45, 2.75) is 38.6 Å². The monoisotopic (exact) mass is 517 g/mol. The molecule has 0 fully saturated rings. The number of aromatic hydroxyl groups is 1. The summed E-state index contributed by atoms with van der Waals surface area (Å²) in [4.78, 5) is 0. The third-order valence-corrected chi connectivity index (χ3v) is 8.31. The van der Waals surface area contributed by atoms with Crippen molar-refractivity contribution >= 4 is 11.5 Å². The summed E-state index contributed by atoms with van der Waals surface area (Å²) in [7, 11) is 1.60. The average molecular weight is 518 g/mol. The Kier molecular flexibility index (Phi) is 6.30. The second-order valence-electron chi connectivity index (χ2n) is 11.3. The Morgan fingerprint density at radius 2 is 1.77 bits per heavy atom. The van der Waals surface area contributed by atoms with Crippen LogP contribution in [-0.4, -0.2) is 18.1 Å². The van der Waals surface area contributed by atoms with Crippen LogP contribution in [0.1, 0.15) is 59.2 Å². The van der Waals surface area contributed by atoms with Crippen molar-refractivity contribution in [3.63, 3.8) is 0 Å². The summed E-state index contributed by atoms with van der Waals surface area (Å²) in [6.45, 7) is 4.46. The Morgan fingerprint density at radius 1 is 1.00 bits per heavy atom. The van der Waals surface area contributed by atoms with Gasteiger partial charge < -0.3 is 20.9 Å². The molecule has 39 heavy (non-hydrogen) atoms. The molecule has 0 saturated heterocycles. The molecule has 5 N–H and O–H groups in total. The van der Waals surface area contributed by atoms with Crippen molar-refractivity contribution in [3.05, 3.63) is 112 Å². The number of ether oxygens (including phenoxy) is 1. The molecule has 0 bridgehead atoms. The van der Waals surface area contributed by atoms with Crippen LogP contribution in [0.5, 0.6) is 11.5 Å². The van der Waals surface area contributed by atoms with Crippen LogP contribution in [0.2, 0.25) is 0 Å². The Bertz CT molecular complexity index is 1560. The van der Waals surface area contributed by atoms with Gasteiger partial charge in [0, 0.05) is 17.2 Å². The van der Waals surface area contributed by atoms with E-state index in [1.807, 2.05) is 24.3 Å². The van der Waals surface area contributed by atoms with Gasteiger partial charge in [0.05, 0.1) is 13.2 Å². The summed E-state index contributed by atoms with van der Waals surface area (Å²) in [6.07, 6.45) is 1.96. The third kappa shape index (κ3) is 4.42. The number of methoxy groups -OCH3 is 1. The molecule has 0 spiro atoms. The molecule has 0 radical (unpaired) electrons. The molecule has 5 heteroatoms. The first-order valence-electron chi connectivity index (χ1n) is 13.7. The number of hydrogen-bond acceptors (Lipinski definition) is 4. The lowest BCUT2D eigenvalue weighted by Crippen LogP contribution is -2.31.